The maximum atomic E-state index is 11.1. The highest BCUT2D eigenvalue weighted by atomic mass is 16.4. The number of nitrogens with one attached hydrogen (secondary N) is 1. The number of hydrogen-bond donors (Lipinski definition) is 2. The van der Waals surface area contributed by atoms with E-state index >= 15 is 0 Å². The fraction of sp³-hybridized carbons (Fsp3) is 0.222. The Bertz CT molecular complexity index is 798. The van der Waals surface area contributed by atoms with Gasteiger partial charge in [0.1, 0.15) is 5.65 Å². The van der Waals surface area contributed by atoms with Crippen LogP contribution >= 0.6 is 0 Å². The molecule has 0 bridgehead atoms. The lowest BCUT2D eigenvalue weighted by atomic mass is 9.88. The van der Waals surface area contributed by atoms with Crippen LogP contribution < -0.4 is 0 Å². The molecule has 2 heterocycles. The SMILES string of the molecule is CN(CC[C@H](c1ccccc1)c1c[nH]c2ncccc12)C(=O)O. The van der Waals surface area contributed by atoms with E-state index in [2.05, 4.69) is 22.1 Å². The summed E-state index contributed by atoms with van der Waals surface area (Å²) < 4.78 is 0. The smallest absolute Gasteiger partial charge is 0.407 e. The second-order valence-corrected chi connectivity index (χ2v) is 5.60. The van der Waals surface area contributed by atoms with E-state index < -0.39 is 6.09 Å². The Hall–Kier alpha value is -2.82. The molecule has 0 spiro atoms. The van der Waals surface area contributed by atoms with E-state index in [0.29, 0.717) is 13.0 Å². The molecular formula is C18H19N3O2. The Balaban J connectivity index is 1.96. The molecule has 1 amide bonds. The van der Waals surface area contributed by atoms with Gasteiger partial charge in [-0.1, -0.05) is 30.3 Å². The van der Waals surface area contributed by atoms with E-state index in [0.717, 1.165) is 16.6 Å². The third kappa shape index (κ3) is 3.18. The van der Waals surface area contributed by atoms with Gasteiger partial charge in [-0.3, -0.25) is 0 Å². The zero-order valence-electron chi connectivity index (χ0n) is 12.9. The van der Waals surface area contributed by atoms with Crippen molar-refractivity contribution in [1.29, 1.82) is 0 Å². The molecule has 0 fully saturated rings. The van der Waals surface area contributed by atoms with Crippen molar-refractivity contribution in [3.63, 3.8) is 0 Å². The van der Waals surface area contributed by atoms with Crippen molar-refractivity contribution in [2.24, 2.45) is 0 Å². The fourth-order valence-corrected chi connectivity index (χ4v) is 2.87. The Kier molecular flexibility index (Phi) is 4.28. The largest absolute Gasteiger partial charge is 0.465 e. The average Bonchev–Trinajstić information content (AvgIpc) is 3.00. The van der Waals surface area contributed by atoms with Gasteiger partial charge in [-0.2, -0.15) is 0 Å². The summed E-state index contributed by atoms with van der Waals surface area (Å²) in [4.78, 5) is 19.9. The van der Waals surface area contributed by atoms with Crippen molar-refractivity contribution < 1.29 is 9.90 Å². The molecule has 23 heavy (non-hydrogen) atoms. The van der Waals surface area contributed by atoms with Crippen molar-refractivity contribution in [2.45, 2.75) is 12.3 Å². The number of rotatable bonds is 5. The van der Waals surface area contributed by atoms with Crippen molar-refractivity contribution in [3.05, 3.63) is 66.0 Å². The van der Waals surface area contributed by atoms with Crippen LogP contribution in [0.1, 0.15) is 23.5 Å². The molecule has 1 atom stereocenters. The van der Waals surface area contributed by atoms with Gasteiger partial charge in [0, 0.05) is 37.3 Å². The van der Waals surface area contributed by atoms with Gasteiger partial charge in [0.05, 0.1) is 0 Å². The third-order valence-corrected chi connectivity index (χ3v) is 4.14. The molecule has 0 saturated heterocycles. The summed E-state index contributed by atoms with van der Waals surface area (Å²) in [6.45, 7) is 0.474. The van der Waals surface area contributed by atoms with E-state index in [1.165, 1.54) is 10.5 Å². The molecule has 3 aromatic rings. The van der Waals surface area contributed by atoms with Gasteiger partial charge in [0.2, 0.25) is 0 Å². The zero-order valence-corrected chi connectivity index (χ0v) is 12.9. The molecule has 2 N–H and O–H groups in total. The number of pyridine rings is 1. The maximum Gasteiger partial charge on any atom is 0.407 e. The Morgan fingerprint density at radius 2 is 2.04 bits per heavy atom. The highest BCUT2D eigenvalue weighted by molar-refractivity contribution is 5.80. The highest BCUT2D eigenvalue weighted by Crippen LogP contribution is 2.32. The summed E-state index contributed by atoms with van der Waals surface area (Å²) >= 11 is 0. The third-order valence-electron chi connectivity index (χ3n) is 4.14. The first-order valence-corrected chi connectivity index (χ1v) is 7.58. The fourth-order valence-electron chi connectivity index (χ4n) is 2.87. The van der Waals surface area contributed by atoms with Crippen LogP contribution in [0.4, 0.5) is 4.79 Å². The first-order valence-electron chi connectivity index (χ1n) is 7.58. The average molecular weight is 309 g/mol. The van der Waals surface area contributed by atoms with Crippen LogP contribution in [0.25, 0.3) is 11.0 Å². The van der Waals surface area contributed by atoms with Gasteiger partial charge in [0.15, 0.2) is 0 Å². The van der Waals surface area contributed by atoms with Crippen LogP contribution in [0.3, 0.4) is 0 Å². The lowest BCUT2D eigenvalue weighted by molar-refractivity contribution is 0.155. The molecule has 0 unspecified atom stereocenters. The number of hydrogen-bond acceptors (Lipinski definition) is 2. The van der Waals surface area contributed by atoms with Crippen LogP contribution in [0, 0.1) is 0 Å². The molecule has 5 nitrogen and oxygen atoms in total. The lowest BCUT2D eigenvalue weighted by Crippen LogP contribution is -2.27. The van der Waals surface area contributed by atoms with Crippen molar-refractivity contribution in [3.8, 4) is 0 Å². The summed E-state index contributed by atoms with van der Waals surface area (Å²) in [6.07, 6.45) is 3.56. The summed E-state index contributed by atoms with van der Waals surface area (Å²) in [5.41, 5.74) is 3.18. The van der Waals surface area contributed by atoms with Crippen LogP contribution in [0.2, 0.25) is 0 Å². The lowest BCUT2D eigenvalue weighted by Gasteiger charge is -2.20. The number of amides is 1. The minimum Gasteiger partial charge on any atom is -0.465 e. The minimum atomic E-state index is -0.905. The Morgan fingerprint density at radius 3 is 2.78 bits per heavy atom. The monoisotopic (exact) mass is 309 g/mol. The van der Waals surface area contributed by atoms with Crippen LogP contribution in [0.15, 0.2) is 54.9 Å². The maximum absolute atomic E-state index is 11.1. The van der Waals surface area contributed by atoms with Crippen molar-refractivity contribution in [2.75, 3.05) is 13.6 Å². The summed E-state index contributed by atoms with van der Waals surface area (Å²) in [5, 5.41) is 10.2. The van der Waals surface area contributed by atoms with E-state index in [1.54, 1.807) is 13.2 Å². The molecule has 0 aliphatic carbocycles. The molecule has 0 saturated carbocycles. The van der Waals surface area contributed by atoms with Gasteiger partial charge in [-0.05, 0) is 29.7 Å². The van der Waals surface area contributed by atoms with Gasteiger partial charge in [0.25, 0.3) is 0 Å². The molecule has 118 valence electrons. The summed E-state index contributed by atoms with van der Waals surface area (Å²) in [6, 6.07) is 14.1. The van der Waals surface area contributed by atoms with Crippen LogP contribution in [-0.2, 0) is 0 Å². The summed E-state index contributed by atoms with van der Waals surface area (Å²) in [5.74, 6) is 0.121. The van der Waals surface area contributed by atoms with E-state index in [1.807, 2.05) is 36.5 Å². The molecule has 1 aromatic carbocycles. The van der Waals surface area contributed by atoms with Crippen LogP contribution in [-0.4, -0.2) is 39.7 Å². The number of nitrogens with zero attached hydrogens (tertiary/aromatic N) is 2. The van der Waals surface area contributed by atoms with Crippen LogP contribution in [0.5, 0.6) is 0 Å². The highest BCUT2D eigenvalue weighted by Gasteiger charge is 2.19. The number of H-pyrrole nitrogens is 1. The topological polar surface area (TPSA) is 69.2 Å². The second kappa shape index (κ2) is 6.52. The standard InChI is InChI=1S/C18H19N3O2/c1-21(18(22)23)11-9-14(13-6-3-2-4-7-13)16-12-20-17-15(16)8-5-10-19-17/h2-8,10,12,14H,9,11H2,1H3,(H,19,20)(H,22,23)/t14-/m1/s1. The summed E-state index contributed by atoms with van der Waals surface area (Å²) in [7, 11) is 1.60. The van der Waals surface area contributed by atoms with Gasteiger partial charge >= 0.3 is 6.09 Å². The zero-order chi connectivity index (χ0) is 16.2. The normalized spacial score (nSPS) is 12.2. The number of benzene rings is 1. The van der Waals surface area contributed by atoms with E-state index in [4.69, 9.17) is 5.11 Å². The second-order valence-electron chi connectivity index (χ2n) is 5.60. The molecule has 0 radical (unpaired) electrons. The first kappa shape index (κ1) is 15.1. The van der Waals surface area contributed by atoms with E-state index in [9.17, 15) is 4.79 Å². The first-order chi connectivity index (χ1) is 11.2. The molecular weight excluding hydrogens is 290 g/mol. The predicted octanol–water partition coefficient (Wildman–Crippen LogP) is 3.69. The minimum absolute atomic E-state index is 0.121. The van der Waals surface area contributed by atoms with Crippen molar-refractivity contribution >= 4 is 17.1 Å². The Morgan fingerprint density at radius 1 is 1.26 bits per heavy atom. The quantitative estimate of drug-likeness (QED) is 0.755. The molecule has 2 aromatic heterocycles. The number of carbonyl (C=O) groups is 1. The number of carboxylic acid groups (broad SMARTS) is 1. The van der Waals surface area contributed by atoms with E-state index in [-0.39, 0.29) is 5.92 Å². The van der Waals surface area contributed by atoms with Gasteiger partial charge < -0.3 is 15.0 Å². The van der Waals surface area contributed by atoms with Gasteiger partial charge in [-0.15, -0.1) is 0 Å². The molecule has 5 heteroatoms. The molecule has 0 aliphatic rings. The number of aromatic amines is 1. The number of aromatic nitrogens is 2. The van der Waals surface area contributed by atoms with Gasteiger partial charge in [-0.25, -0.2) is 9.78 Å². The van der Waals surface area contributed by atoms with Crippen molar-refractivity contribution in [1.82, 2.24) is 14.9 Å². The predicted molar refractivity (Wildman–Crippen MR) is 89.7 cm³/mol. The molecule has 0 aliphatic heterocycles. The Labute approximate surface area is 134 Å². The molecule has 3 rings (SSSR count). The number of fused-ring (bicyclic) bond motifs is 1.